The van der Waals surface area contributed by atoms with E-state index in [9.17, 15) is 19.8 Å². The standard InChI is InChI=1S/C73H139NO5/c1-3-5-7-9-11-13-15-16-17-39-42-46-49-53-57-61-65-71(76)70(69-75)74-72(77)66-62-58-54-50-47-43-40-37-35-33-31-29-27-25-23-21-19-18-20-22-24-26-28-30-32-34-36-38-41-44-48-52-56-60-64-68-79-73(78)67-63-59-55-51-45-14-12-10-8-6-4-2/h10,12,20,22,61,65,70-71,75-76H,3-9,11,13-19,21,23-60,62-64,66-69H2,1-2H3,(H,74,77)/b12-10-,22-20-,65-61+. The normalized spacial score (nSPS) is 12.7. The molecule has 3 N–H and O–H groups in total. The fourth-order valence-corrected chi connectivity index (χ4v) is 11.1. The molecule has 0 aliphatic rings. The van der Waals surface area contributed by atoms with Gasteiger partial charge in [0.1, 0.15) is 0 Å². The van der Waals surface area contributed by atoms with Crippen molar-refractivity contribution >= 4 is 11.9 Å². The van der Waals surface area contributed by atoms with Gasteiger partial charge in [-0.3, -0.25) is 9.59 Å². The average Bonchev–Trinajstić information content (AvgIpc) is 3.45. The number of nitrogens with one attached hydrogen (secondary N) is 1. The highest BCUT2D eigenvalue weighted by atomic mass is 16.5. The van der Waals surface area contributed by atoms with Crippen molar-refractivity contribution in [1.29, 1.82) is 0 Å². The summed E-state index contributed by atoms with van der Waals surface area (Å²) < 4.78 is 5.47. The molecule has 0 radical (unpaired) electrons. The lowest BCUT2D eigenvalue weighted by molar-refractivity contribution is -0.143. The topological polar surface area (TPSA) is 95.9 Å². The molecule has 2 atom stereocenters. The van der Waals surface area contributed by atoms with Gasteiger partial charge in [-0.2, -0.15) is 0 Å². The molecule has 1 amide bonds. The molecule has 0 aromatic rings. The van der Waals surface area contributed by atoms with Gasteiger partial charge in [-0.15, -0.1) is 0 Å². The molecule has 0 saturated carbocycles. The molecular formula is C73H139NO5. The lowest BCUT2D eigenvalue weighted by Gasteiger charge is -2.20. The number of esters is 1. The van der Waals surface area contributed by atoms with Crippen LogP contribution in [-0.2, 0) is 14.3 Å². The summed E-state index contributed by atoms with van der Waals surface area (Å²) in [6.07, 6.45) is 88.1. The molecule has 0 aliphatic carbocycles. The van der Waals surface area contributed by atoms with Crippen LogP contribution < -0.4 is 5.32 Å². The second-order valence-corrected chi connectivity index (χ2v) is 24.6. The van der Waals surface area contributed by atoms with Gasteiger partial charge in [0.2, 0.25) is 5.91 Å². The number of hydrogen-bond acceptors (Lipinski definition) is 5. The number of aliphatic hydroxyl groups excluding tert-OH is 2. The molecular weight excluding hydrogens is 971 g/mol. The molecule has 0 aromatic heterocycles. The Balaban J connectivity index is 3.36. The van der Waals surface area contributed by atoms with Gasteiger partial charge in [-0.25, -0.2) is 0 Å². The van der Waals surface area contributed by atoms with E-state index in [-0.39, 0.29) is 18.5 Å². The van der Waals surface area contributed by atoms with Crippen molar-refractivity contribution in [2.45, 2.75) is 405 Å². The molecule has 0 fully saturated rings. The summed E-state index contributed by atoms with van der Waals surface area (Å²) in [6, 6.07) is -0.625. The zero-order valence-corrected chi connectivity index (χ0v) is 53.4. The third-order valence-electron chi connectivity index (χ3n) is 16.6. The Hall–Kier alpha value is -1.92. The molecule has 6 nitrogen and oxygen atoms in total. The van der Waals surface area contributed by atoms with E-state index in [1.807, 2.05) is 6.08 Å². The first-order chi connectivity index (χ1) is 39.0. The van der Waals surface area contributed by atoms with Crippen LogP contribution in [0.5, 0.6) is 0 Å². The van der Waals surface area contributed by atoms with Gasteiger partial charge in [0.15, 0.2) is 0 Å². The first-order valence-corrected chi connectivity index (χ1v) is 35.8. The molecule has 0 aromatic carbocycles. The number of rotatable bonds is 67. The first kappa shape index (κ1) is 77.1. The van der Waals surface area contributed by atoms with Crippen LogP contribution in [0.3, 0.4) is 0 Å². The van der Waals surface area contributed by atoms with Crippen LogP contribution in [0.2, 0.25) is 0 Å². The number of carbonyl (C=O) groups excluding carboxylic acids is 2. The van der Waals surface area contributed by atoms with Gasteiger partial charge in [-0.1, -0.05) is 339 Å². The van der Waals surface area contributed by atoms with E-state index in [0.717, 1.165) is 44.9 Å². The van der Waals surface area contributed by atoms with Crippen LogP contribution in [0.25, 0.3) is 0 Å². The van der Waals surface area contributed by atoms with Gasteiger partial charge >= 0.3 is 5.97 Å². The molecule has 0 spiro atoms. The van der Waals surface area contributed by atoms with Gasteiger partial charge in [0.05, 0.1) is 25.4 Å². The Morgan fingerprint density at radius 3 is 0.937 bits per heavy atom. The molecule has 0 bridgehead atoms. The smallest absolute Gasteiger partial charge is 0.305 e. The Morgan fingerprint density at radius 2 is 0.608 bits per heavy atom. The molecule has 0 aliphatic heterocycles. The Morgan fingerprint density at radius 1 is 0.342 bits per heavy atom. The second-order valence-electron chi connectivity index (χ2n) is 24.6. The van der Waals surface area contributed by atoms with Crippen molar-refractivity contribution in [3.05, 3.63) is 36.5 Å². The minimum atomic E-state index is -0.842. The van der Waals surface area contributed by atoms with Crippen molar-refractivity contribution in [2.24, 2.45) is 0 Å². The third kappa shape index (κ3) is 65.1. The minimum Gasteiger partial charge on any atom is -0.466 e. The lowest BCUT2D eigenvalue weighted by Crippen LogP contribution is -2.45. The highest BCUT2D eigenvalue weighted by Gasteiger charge is 2.18. The maximum absolute atomic E-state index is 12.5. The molecule has 466 valence electrons. The van der Waals surface area contributed by atoms with Gasteiger partial charge in [0.25, 0.3) is 0 Å². The Labute approximate surface area is 494 Å². The largest absolute Gasteiger partial charge is 0.466 e. The van der Waals surface area contributed by atoms with E-state index in [2.05, 4.69) is 43.5 Å². The van der Waals surface area contributed by atoms with Gasteiger partial charge < -0.3 is 20.3 Å². The van der Waals surface area contributed by atoms with Crippen LogP contribution >= 0.6 is 0 Å². The molecule has 6 heteroatoms. The molecule has 0 rings (SSSR count). The lowest BCUT2D eigenvalue weighted by atomic mass is 10.0. The second kappa shape index (κ2) is 68.6. The molecule has 0 saturated heterocycles. The highest BCUT2D eigenvalue weighted by molar-refractivity contribution is 5.76. The quantitative estimate of drug-likeness (QED) is 0.0320. The number of carbonyl (C=O) groups is 2. The van der Waals surface area contributed by atoms with Crippen molar-refractivity contribution in [1.82, 2.24) is 5.32 Å². The van der Waals surface area contributed by atoms with Crippen LogP contribution in [0.15, 0.2) is 36.5 Å². The van der Waals surface area contributed by atoms with Gasteiger partial charge in [-0.05, 0) is 77.0 Å². The number of amides is 1. The predicted molar refractivity (Wildman–Crippen MR) is 347 cm³/mol. The van der Waals surface area contributed by atoms with E-state index >= 15 is 0 Å². The SMILES string of the molecule is CCCC/C=C\CCCCCCCC(=O)OCCCCCCCCCCCCCCCC/C=C\CCCCCCCCCCCCCCCCCCCC(=O)NC(CO)C(O)/C=C/CCCCCCCCCCCCCCCC. The number of allylic oxidation sites excluding steroid dienone is 5. The van der Waals surface area contributed by atoms with E-state index in [0.29, 0.717) is 19.4 Å². The van der Waals surface area contributed by atoms with Crippen molar-refractivity contribution < 1.29 is 24.5 Å². The number of ether oxygens (including phenoxy) is 1. The summed E-state index contributed by atoms with van der Waals surface area (Å²) in [5, 5.41) is 23.2. The van der Waals surface area contributed by atoms with E-state index in [1.165, 1.54) is 321 Å². The van der Waals surface area contributed by atoms with Crippen molar-refractivity contribution in [3.63, 3.8) is 0 Å². The summed E-state index contributed by atoms with van der Waals surface area (Å²) in [6.45, 7) is 4.89. The Bertz CT molecular complexity index is 1280. The van der Waals surface area contributed by atoms with E-state index in [1.54, 1.807) is 6.08 Å². The average molecular weight is 1110 g/mol. The Kier molecular flexibility index (Phi) is 66.9. The van der Waals surface area contributed by atoms with Crippen LogP contribution in [0, 0.1) is 0 Å². The third-order valence-corrected chi connectivity index (χ3v) is 16.6. The number of aliphatic hydroxyl groups is 2. The van der Waals surface area contributed by atoms with E-state index in [4.69, 9.17) is 4.74 Å². The summed E-state index contributed by atoms with van der Waals surface area (Å²) >= 11 is 0. The first-order valence-electron chi connectivity index (χ1n) is 35.8. The zero-order valence-electron chi connectivity index (χ0n) is 53.4. The summed E-state index contributed by atoms with van der Waals surface area (Å²) in [5.41, 5.74) is 0. The maximum Gasteiger partial charge on any atom is 0.305 e. The molecule has 79 heavy (non-hydrogen) atoms. The van der Waals surface area contributed by atoms with Crippen LogP contribution in [-0.4, -0.2) is 47.4 Å². The fraction of sp³-hybridized carbons (Fsp3) is 0.890. The molecule has 0 heterocycles. The minimum absolute atomic E-state index is 0.00904. The van der Waals surface area contributed by atoms with Crippen molar-refractivity contribution in [3.8, 4) is 0 Å². The zero-order chi connectivity index (χ0) is 57.1. The summed E-state index contributed by atoms with van der Waals surface area (Å²) in [7, 11) is 0. The predicted octanol–water partition coefficient (Wildman–Crippen LogP) is 23.1. The van der Waals surface area contributed by atoms with Crippen molar-refractivity contribution in [2.75, 3.05) is 13.2 Å². The fourth-order valence-electron chi connectivity index (χ4n) is 11.1. The summed E-state index contributed by atoms with van der Waals surface area (Å²) in [5.74, 6) is -0.0528. The van der Waals surface area contributed by atoms with Gasteiger partial charge in [0, 0.05) is 12.8 Å². The monoisotopic (exact) mass is 1110 g/mol. The number of hydrogen-bond donors (Lipinski definition) is 3. The number of unbranched alkanes of at least 4 members (excludes halogenated alkanes) is 52. The van der Waals surface area contributed by atoms with Crippen LogP contribution in [0.1, 0.15) is 393 Å². The van der Waals surface area contributed by atoms with Crippen LogP contribution in [0.4, 0.5) is 0 Å². The summed E-state index contributed by atoms with van der Waals surface area (Å²) in [4.78, 5) is 24.5. The van der Waals surface area contributed by atoms with E-state index < -0.39 is 12.1 Å². The molecule has 2 unspecified atom stereocenters. The highest BCUT2D eigenvalue weighted by Crippen LogP contribution is 2.18. The maximum atomic E-state index is 12.5.